The van der Waals surface area contributed by atoms with E-state index in [0.717, 1.165) is 12.8 Å². The lowest BCUT2D eigenvalue weighted by Gasteiger charge is -2.15. The minimum Gasteiger partial charge on any atom is -0.370 e. The zero-order chi connectivity index (χ0) is 11.1. The average molecular weight is 212 g/mol. The Balaban J connectivity index is 2.20. The van der Waals surface area contributed by atoms with Crippen molar-refractivity contribution in [3.63, 3.8) is 0 Å². The number of carbonyl (C=O) groups is 2. The van der Waals surface area contributed by atoms with Crippen molar-refractivity contribution in [2.45, 2.75) is 57.4 Å². The topological polar surface area (TPSA) is 72.2 Å². The Bertz CT molecular complexity index is 221. The third-order valence-corrected chi connectivity index (χ3v) is 2.82. The van der Waals surface area contributed by atoms with Crippen molar-refractivity contribution in [3.8, 4) is 0 Å². The second-order valence-corrected chi connectivity index (χ2v) is 4.22. The number of hydrogen-bond acceptors (Lipinski definition) is 2. The van der Waals surface area contributed by atoms with E-state index < -0.39 is 5.91 Å². The Labute approximate surface area is 90.6 Å². The van der Waals surface area contributed by atoms with Gasteiger partial charge in [0.1, 0.15) is 0 Å². The van der Waals surface area contributed by atoms with Crippen LogP contribution in [-0.4, -0.2) is 17.9 Å². The second kappa shape index (κ2) is 6.43. The highest BCUT2D eigenvalue weighted by Gasteiger charge is 2.14. The fourth-order valence-corrected chi connectivity index (χ4v) is 1.96. The van der Waals surface area contributed by atoms with Crippen LogP contribution >= 0.6 is 0 Å². The Morgan fingerprint density at radius 2 is 1.67 bits per heavy atom. The van der Waals surface area contributed by atoms with Gasteiger partial charge >= 0.3 is 0 Å². The number of hydrogen-bond donors (Lipinski definition) is 2. The number of amides is 2. The summed E-state index contributed by atoms with van der Waals surface area (Å²) in [6.45, 7) is 0. The summed E-state index contributed by atoms with van der Waals surface area (Å²) in [5, 5.41) is 2.97. The van der Waals surface area contributed by atoms with Crippen LogP contribution in [-0.2, 0) is 9.59 Å². The number of primary amides is 1. The first kappa shape index (κ1) is 12.0. The lowest BCUT2D eigenvalue weighted by molar-refractivity contribution is -0.125. The minimum absolute atomic E-state index is 0.0410. The van der Waals surface area contributed by atoms with E-state index in [1.165, 1.54) is 25.7 Å². The predicted molar refractivity (Wildman–Crippen MR) is 58.1 cm³/mol. The van der Waals surface area contributed by atoms with Crippen LogP contribution in [0.5, 0.6) is 0 Å². The van der Waals surface area contributed by atoms with E-state index in [2.05, 4.69) is 5.32 Å². The van der Waals surface area contributed by atoms with Gasteiger partial charge < -0.3 is 11.1 Å². The summed E-state index contributed by atoms with van der Waals surface area (Å²) < 4.78 is 0. The maximum Gasteiger partial charge on any atom is 0.220 e. The molecule has 0 heterocycles. The molecule has 1 rings (SSSR count). The van der Waals surface area contributed by atoms with Crippen LogP contribution in [0.15, 0.2) is 0 Å². The molecule has 0 atom stereocenters. The Kier molecular flexibility index (Phi) is 5.15. The monoisotopic (exact) mass is 212 g/mol. The molecule has 0 aliphatic heterocycles. The minimum atomic E-state index is -0.411. The van der Waals surface area contributed by atoms with Crippen LogP contribution in [0.25, 0.3) is 0 Å². The number of nitrogens with two attached hydrogens (primary N) is 1. The first-order valence-electron chi connectivity index (χ1n) is 5.76. The highest BCUT2D eigenvalue weighted by Crippen LogP contribution is 2.17. The van der Waals surface area contributed by atoms with Crippen LogP contribution in [0.3, 0.4) is 0 Å². The molecule has 0 bridgehead atoms. The molecular weight excluding hydrogens is 192 g/mol. The van der Waals surface area contributed by atoms with Gasteiger partial charge in [-0.1, -0.05) is 25.7 Å². The second-order valence-electron chi connectivity index (χ2n) is 4.22. The lowest BCUT2D eigenvalue weighted by atomic mass is 10.1. The molecule has 0 saturated heterocycles. The molecule has 86 valence electrons. The number of rotatable bonds is 4. The van der Waals surface area contributed by atoms with Crippen LogP contribution in [0, 0.1) is 0 Å². The first-order chi connectivity index (χ1) is 7.18. The van der Waals surface area contributed by atoms with E-state index in [4.69, 9.17) is 5.73 Å². The van der Waals surface area contributed by atoms with Crippen molar-refractivity contribution in [3.05, 3.63) is 0 Å². The van der Waals surface area contributed by atoms with Crippen LogP contribution in [0.4, 0.5) is 0 Å². The van der Waals surface area contributed by atoms with Gasteiger partial charge in [0.2, 0.25) is 11.8 Å². The van der Waals surface area contributed by atoms with Gasteiger partial charge in [0.25, 0.3) is 0 Å². The Morgan fingerprint density at radius 1 is 1.07 bits per heavy atom. The quantitative estimate of drug-likeness (QED) is 0.685. The van der Waals surface area contributed by atoms with Gasteiger partial charge in [0.15, 0.2) is 0 Å². The summed E-state index contributed by atoms with van der Waals surface area (Å²) in [6.07, 6.45) is 7.46. The smallest absolute Gasteiger partial charge is 0.220 e. The van der Waals surface area contributed by atoms with Gasteiger partial charge in [-0.2, -0.15) is 0 Å². The maximum atomic E-state index is 11.4. The van der Waals surface area contributed by atoms with Gasteiger partial charge in [-0.3, -0.25) is 9.59 Å². The molecule has 0 aromatic carbocycles. The summed E-state index contributed by atoms with van der Waals surface area (Å²) >= 11 is 0. The number of nitrogens with one attached hydrogen (secondary N) is 1. The molecule has 15 heavy (non-hydrogen) atoms. The van der Waals surface area contributed by atoms with Gasteiger partial charge in [0, 0.05) is 18.9 Å². The van der Waals surface area contributed by atoms with E-state index in [9.17, 15) is 9.59 Å². The van der Waals surface area contributed by atoms with Crippen molar-refractivity contribution >= 4 is 11.8 Å². The zero-order valence-corrected chi connectivity index (χ0v) is 9.13. The van der Waals surface area contributed by atoms with Gasteiger partial charge in [0.05, 0.1) is 0 Å². The summed E-state index contributed by atoms with van der Waals surface area (Å²) in [5.41, 5.74) is 4.98. The standard InChI is InChI=1S/C11H20N2O2/c12-10(14)7-8-11(15)13-9-5-3-1-2-4-6-9/h9H,1-8H2,(H2,12,14)(H,13,15). The molecule has 0 aromatic rings. The lowest BCUT2D eigenvalue weighted by Crippen LogP contribution is -2.34. The zero-order valence-electron chi connectivity index (χ0n) is 9.13. The molecule has 1 aliphatic rings. The maximum absolute atomic E-state index is 11.4. The summed E-state index contributed by atoms with van der Waals surface area (Å²) in [4.78, 5) is 21.9. The average Bonchev–Trinajstić information content (AvgIpc) is 2.43. The van der Waals surface area contributed by atoms with Crippen molar-refractivity contribution in [1.29, 1.82) is 0 Å². The molecule has 3 N–H and O–H groups in total. The molecule has 1 aliphatic carbocycles. The first-order valence-corrected chi connectivity index (χ1v) is 5.76. The molecule has 1 saturated carbocycles. The molecule has 4 heteroatoms. The Hall–Kier alpha value is -1.06. The Morgan fingerprint density at radius 3 is 2.20 bits per heavy atom. The molecule has 4 nitrogen and oxygen atoms in total. The van der Waals surface area contributed by atoms with Crippen LogP contribution < -0.4 is 11.1 Å². The number of carbonyl (C=O) groups excluding carboxylic acids is 2. The molecule has 0 aromatic heterocycles. The summed E-state index contributed by atoms with van der Waals surface area (Å²) in [6, 6.07) is 0.313. The van der Waals surface area contributed by atoms with Crippen LogP contribution in [0.1, 0.15) is 51.4 Å². The fourth-order valence-electron chi connectivity index (χ4n) is 1.96. The van der Waals surface area contributed by atoms with Crippen molar-refractivity contribution in [2.24, 2.45) is 5.73 Å². The molecule has 0 spiro atoms. The fraction of sp³-hybridized carbons (Fsp3) is 0.818. The molecule has 2 amide bonds. The van der Waals surface area contributed by atoms with Crippen LogP contribution in [0.2, 0.25) is 0 Å². The molecule has 1 fully saturated rings. The van der Waals surface area contributed by atoms with E-state index in [1.54, 1.807) is 0 Å². The summed E-state index contributed by atoms with van der Waals surface area (Å²) in [7, 11) is 0. The van der Waals surface area contributed by atoms with Gasteiger partial charge in [-0.15, -0.1) is 0 Å². The SMILES string of the molecule is NC(=O)CCC(=O)NC1CCCCCC1. The highest BCUT2D eigenvalue weighted by molar-refractivity contribution is 5.82. The van der Waals surface area contributed by atoms with Crippen molar-refractivity contribution < 1.29 is 9.59 Å². The molecule has 0 unspecified atom stereocenters. The third kappa shape index (κ3) is 5.40. The van der Waals surface area contributed by atoms with Gasteiger partial charge in [-0.05, 0) is 12.8 Å². The largest absolute Gasteiger partial charge is 0.370 e. The normalized spacial score (nSPS) is 18.1. The van der Waals surface area contributed by atoms with E-state index in [0.29, 0.717) is 6.04 Å². The van der Waals surface area contributed by atoms with E-state index in [1.807, 2.05) is 0 Å². The summed E-state index contributed by atoms with van der Waals surface area (Å²) in [5.74, 6) is -0.452. The highest BCUT2D eigenvalue weighted by atomic mass is 16.2. The van der Waals surface area contributed by atoms with Crippen molar-refractivity contribution in [2.75, 3.05) is 0 Å². The predicted octanol–water partition coefficient (Wildman–Crippen LogP) is 1.09. The van der Waals surface area contributed by atoms with Crippen molar-refractivity contribution in [1.82, 2.24) is 5.32 Å². The molecule has 0 radical (unpaired) electrons. The molecular formula is C11H20N2O2. The third-order valence-electron chi connectivity index (χ3n) is 2.82. The van der Waals surface area contributed by atoms with Gasteiger partial charge in [-0.25, -0.2) is 0 Å². The van der Waals surface area contributed by atoms with E-state index >= 15 is 0 Å². The van der Waals surface area contributed by atoms with E-state index in [-0.39, 0.29) is 18.7 Å².